The number of H-pyrrole nitrogens is 1. The Kier molecular flexibility index (Phi) is 2.63. The molecule has 1 heterocycles. The van der Waals surface area contributed by atoms with Crippen LogP contribution in [0.5, 0.6) is 0 Å². The summed E-state index contributed by atoms with van der Waals surface area (Å²) in [6.07, 6.45) is -0.753. The van der Waals surface area contributed by atoms with E-state index < -0.39 is 6.10 Å². The highest BCUT2D eigenvalue weighted by atomic mass is 79.9. The van der Waals surface area contributed by atoms with Crippen molar-refractivity contribution in [3.8, 4) is 0 Å². The molecule has 1 unspecified atom stereocenters. The van der Waals surface area contributed by atoms with Gasteiger partial charge in [0.25, 0.3) is 5.56 Å². The molecule has 2 N–H and O–H groups in total. The summed E-state index contributed by atoms with van der Waals surface area (Å²) in [7, 11) is 0. The highest BCUT2D eigenvalue weighted by Gasteiger charge is 2.07. The first-order valence-electron chi connectivity index (χ1n) is 4.58. The number of hydrogen-bond acceptors (Lipinski definition) is 2. The Balaban J connectivity index is 2.77. The van der Waals surface area contributed by atoms with Gasteiger partial charge in [0, 0.05) is 15.6 Å². The van der Waals surface area contributed by atoms with Gasteiger partial charge in [-0.3, -0.25) is 4.79 Å². The fraction of sp³-hybridized carbons (Fsp3) is 0.182. The van der Waals surface area contributed by atoms with E-state index in [-0.39, 0.29) is 5.56 Å². The first-order chi connectivity index (χ1) is 7.08. The summed E-state index contributed by atoms with van der Waals surface area (Å²) in [5.41, 5.74) is 0.924. The number of fused-ring (bicyclic) bond motifs is 1. The molecule has 0 aliphatic rings. The van der Waals surface area contributed by atoms with Gasteiger partial charge in [-0.1, -0.05) is 15.9 Å². The summed E-state index contributed by atoms with van der Waals surface area (Å²) in [5.74, 6) is 0. The summed E-state index contributed by atoms with van der Waals surface area (Å²) in [6.45, 7) is 1.58. The predicted octanol–water partition coefficient (Wildman–Crippen LogP) is 2.34. The molecule has 3 nitrogen and oxygen atoms in total. The highest BCUT2D eigenvalue weighted by molar-refractivity contribution is 9.10. The number of halogens is 1. The fourth-order valence-electron chi connectivity index (χ4n) is 1.50. The molecule has 0 fully saturated rings. The minimum atomic E-state index is -0.753. The van der Waals surface area contributed by atoms with Crippen molar-refractivity contribution in [3.05, 3.63) is 44.7 Å². The lowest BCUT2D eigenvalue weighted by Gasteiger charge is -2.05. The average Bonchev–Trinajstić information content (AvgIpc) is 2.17. The second-order valence-corrected chi connectivity index (χ2v) is 4.38. The van der Waals surface area contributed by atoms with Crippen molar-refractivity contribution in [2.75, 3.05) is 0 Å². The van der Waals surface area contributed by atoms with Crippen LogP contribution < -0.4 is 5.56 Å². The minimum absolute atomic E-state index is 0.236. The number of rotatable bonds is 1. The Hall–Kier alpha value is -1.13. The smallest absolute Gasteiger partial charge is 0.254 e. The molecule has 15 heavy (non-hydrogen) atoms. The zero-order chi connectivity index (χ0) is 11.0. The van der Waals surface area contributed by atoms with Crippen molar-refractivity contribution in [2.24, 2.45) is 0 Å². The average molecular weight is 268 g/mol. The number of pyridine rings is 1. The van der Waals surface area contributed by atoms with Crippen LogP contribution >= 0.6 is 15.9 Å². The Bertz CT molecular complexity index is 560. The normalized spacial score (nSPS) is 13.0. The van der Waals surface area contributed by atoms with Gasteiger partial charge in [0.1, 0.15) is 0 Å². The highest BCUT2D eigenvalue weighted by Crippen LogP contribution is 2.19. The zero-order valence-electron chi connectivity index (χ0n) is 8.12. The molecule has 0 saturated heterocycles. The zero-order valence-corrected chi connectivity index (χ0v) is 9.71. The van der Waals surface area contributed by atoms with E-state index in [1.807, 2.05) is 18.2 Å². The van der Waals surface area contributed by atoms with E-state index in [4.69, 9.17) is 0 Å². The SMILES string of the molecule is CC(O)c1cc2cc(Br)ccc2[nH]c1=O. The van der Waals surface area contributed by atoms with Crippen molar-refractivity contribution < 1.29 is 5.11 Å². The molecule has 0 aliphatic heterocycles. The van der Waals surface area contributed by atoms with Crippen molar-refractivity contribution in [2.45, 2.75) is 13.0 Å². The molecular formula is C11H10BrNO2. The van der Waals surface area contributed by atoms with Gasteiger partial charge in [-0.05, 0) is 36.6 Å². The summed E-state index contributed by atoms with van der Waals surface area (Å²) in [6, 6.07) is 7.30. The summed E-state index contributed by atoms with van der Waals surface area (Å²) >= 11 is 3.36. The van der Waals surface area contributed by atoms with Gasteiger partial charge in [0.05, 0.1) is 6.10 Å². The van der Waals surface area contributed by atoms with Gasteiger partial charge >= 0.3 is 0 Å². The van der Waals surface area contributed by atoms with E-state index >= 15 is 0 Å². The molecule has 2 aromatic rings. The van der Waals surface area contributed by atoms with Crippen LogP contribution in [0, 0.1) is 0 Å². The van der Waals surface area contributed by atoms with Crippen molar-refractivity contribution in [1.82, 2.24) is 4.98 Å². The number of nitrogens with one attached hydrogen (secondary N) is 1. The number of aliphatic hydroxyl groups is 1. The quantitative estimate of drug-likeness (QED) is 0.834. The molecule has 1 aromatic heterocycles. The van der Waals surface area contributed by atoms with Crippen LogP contribution in [0.15, 0.2) is 33.5 Å². The maximum absolute atomic E-state index is 11.5. The summed E-state index contributed by atoms with van der Waals surface area (Å²) in [4.78, 5) is 14.3. The number of benzene rings is 1. The molecule has 1 atom stereocenters. The Morgan fingerprint density at radius 1 is 1.40 bits per heavy atom. The third-order valence-corrected chi connectivity index (χ3v) is 2.78. The van der Waals surface area contributed by atoms with Gasteiger partial charge in [0.15, 0.2) is 0 Å². The first kappa shape index (κ1) is 10.4. The predicted molar refractivity (Wildman–Crippen MR) is 62.9 cm³/mol. The molecule has 0 amide bonds. The summed E-state index contributed by atoms with van der Waals surface area (Å²) in [5, 5.41) is 10.3. The summed E-state index contributed by atoms with van der Waals surface area (Å²) < 4.78 is 0.943. The number of aromatic nitrogens is 1. The minimum Gasteiger partial charge on any atom is -0.388 e. The topological polar surface area (TPSA) is 53.1 Å². The second kappa shape index (κ2) is 3.79. The Labute approximate surface area is 94.9 Å². The lowest BCUT2D eigenvalue weighted by molar-refractivity contribution is 0.198. The third-order valence-electron chi connectivity index (χ3n) is 2.29. The Morgan fingerprint density at radius 3 is 2.80 bits per heavy atom. The molecule has 78 valence electrons. The second-order valence-electron chi connectivity index (χ2n) is 3.46. The lowest BCUT2D eigenvalue weighted by Crippen LogP contribution is -2.14. The van der Waals surface area contributed by atoms with E-state index in [1.54, 1.807) is 13.0 Å². The maximum Gasteiger partial charge on any atom is 0.254 e. The standard InChI is InChI=1S/C11H10BrNO2/c1-6(14)9-5-7-4-8(12)2-3-10(7)13-11(9)15/h2-6,14H,1H3,(H,13,15). The molecule has 0 aliphatic carbocycles. The van der Waals surface area contributed by atoms with E-state index in [9.17, 15) is 9.90 Å². The van der Waals surface area contributed by atoms with E-state index in [0.29, 0.717) is 5.56 Å². The van der Waals surface area contributed by atoms with Gasteiger partial charge in [-0.15, -0.1) is 0 Å². The third kappa shape index (κ3) is 1.96. The van der Waals surface area contributed by atoms with Crippen molar-refractivity contribution in [1.29, 1.82) is 0 Å². The van der Waals surface area contributed by atoms with E-state index in [2.05, 4.69) is 20.9 Å². The van der Waals surface area contributed by atoms with Crippen LogP contribution in [0.3, 0.4) is 0 Å². The maximum atomic E-state index is 11.5. The van der Waals surface area contributed by atoms with E-state index in [0.717, 1.165) is 15.4 Å². The van der Waals surface area contributed by atoms with Gasteiger partial charge < -0.3 is 10.1 Å². The van der Waals surface area contributed by atoms with Crippen LogP contribution in [0.1, 0.15) is 18.6 Å². The monoisotopic (exact) mass is 267 g/mol. The van der Waals surface area contributed by atoms with Gasteiger partial charge in [-0.25, -0.2) is 0 Å². The first-order valence-corrected chi connectivity index (χ1v) is 5.38. The number of hydrogen-bond donors (Lipinski definition) is 2. The van der Waals surface area contributed by atoms with Crippen LogP contribution in [0.4, 0.5) is 0 Å². The molecule has 0 saturated carbocycles. The molecular weight excluding hydrogens is 258 g/mol. The molecule has 0 radical (unpaired) electrons. The van der Waals surface area contributed by atoms with Gasteiger partial charge in [-0.2, -0.15) is 0 Å². The lowest BCUT2D eigenvalue weighted by atomic mass is 10.1. The molecule has 1 aromatic carbocycles. The van der Waals surface area contributed by atoms with Crippen molar-refractivity contribution in [3.63, 3.8) is 0 Å². The fourth-order valence-corrected chi connectivity index (χ4v) is 1.88. The van der Waals surface area contributed by atoms with Crippen LogP contribution in [0.25, 0.3) is 10.9 Å². The van der Waals surface area contributed by atoms with Crippen LogP contribution in [0.2, 0.25) is 0 Å². The number of aromatic amines is 1. The molecule has 0 spiro atoms. The molecule has 4 heteroatoms. The molecule has 2 rings (SSSR count). The van der Waals surface area contributed by atoms with Crippen LogP contribution in [-0.4, -0.2) is 10.1 Å². The molecule has 0 bridgehead atoms. The largest absolute Gasteiger partial charge is 0.388 e. The van der Waals surface area contributed by atoms with Crippen molar-refractivity contribution >= 4 is 26.8 Å². The van der Waals surface area contributed by atoms with Crippen LogP contribution in [-0.2, 0) is 0 Å². The van der Waals surface area contributed by atoms with E-state index in [1.165, 1.54) is 0 Å². The Morgan fingerprint density at radius 2 is 2.13 bits per heavy atom. The number of aliphatic hydroxyl groups excluding tert-OH is 1. The van der Waals surface area contributed by atoms with Gasteiger partial charge in [0.2, 0.25) is 0 Å².